The minimum absolute atomic E-state index is 0.214. The van der Waals surface area contributed by atoms with Gasteiger partial charge >= 0.3 is 12.1 Å². The summed E-state index contributed by atoms with van der Waals surface area (Å²) in [4.78, 5) is 31.1. The summed E-state index contributed by atoms with van der Waals surface area (Å²) in [5.74, 6) is 0.646. The number of fused-ring (bicyclic) bond motifs is 1. The van der Waals surface area contributed by atoms with E-state index in [0.29, 0.717) is 29.2 Å². The first-order chi connectivity index (χ1) is 15.7. The highest BCUT2D eigenvalue weighted by atomic mass is 16.6. The average Bonchev–Trinajstić information content (AvgIpc) is 2.81. The van der Waals surface area contributed by atoms with Crippen LogP contribution in [-0.4, -0.2) is 48.3 Å². The van der Waals surface area contributed by atoms with Crippen LogP contribution in [0.1, 0.15) is 42.4 Å². The highest BCUT2D eigenvalue weighted by Crippen LogP contribution is 2.34. The smallest absolute Gasteiger partial charge is 0.412 e. The molecule has 1 amide bonds. The fraction of sp³-hybridized carbons (Fsp3) is 0.417. The molecule has 0 fully saturated rings. The number of rotatable bonds is 6. The Hall–Kier alpha value is -3.80. The zero-order valence-corrected chi connectivity index (χ0v) is 19.4. The molecule has 0 saturated heterocycles. The van der Waals surface area contributed by atoms with Crippen molar-refractivity contribution in [3.05, 3.63) is 52.8 Å². The highest BCUT2D eigenvalue weighted by Gasteiger charge is 2.39. The molecule has 174 valence electrons. The van der Waals surface area contributed by atoms with E-state index in [9.17, 15) is 9.59 Å². The Labute approximate surface area is 192 Å². The number of amides is 1. The van der Waals surface area contributed by atoms with Crippen LogP contribution in [0.4, 0.5) is 4.79 Å². The Morgan fingerprint density at radius 3 is 2.67 bits per heavy atom. The van der Waals surface area contributed by atoms with Gasteiger partial charge in [-0.3, -0.25) is 9.88 Å². The van der Waals surface area contributed by atoms with Gasteiger partial charge in [-0.2, -0.15) is 5.26 Å². The summed E-state index contributed by atoms with van der Waals surface area (Å²) < 4.78 is 21.5. The molecule has 0 spiro atoms. The number of aromatic nitrogens is 1. The van der Waals surface area contributed by atoms with E-state index in [4.69, 9.17) is 24.2 Å². The lowest BCUT2D eigenvalue weighted by Crippen LogP contribution is -2.46. The first-order valence-corrected chi connectivity index (χ1v) is 10.4. The Kier molecular flexibility index (Phi) is 7.07. The van der Waals surface area contributed by atoms with Crippen molar-refractivity contribution in [2.45, 2.75) is 45.4 Å². The van der Waals surface area contributed by atoms with Gasteiger partial charge in [0, 0.05) is 12.2 Å². The molecule has 1 aromatic heterocycles. The van der Waals surface area contributed by atoms with Crippen molar-refractivity contribution in [1.29, 1.82) is 5.26 Å². The van der Waals surface area contributed by atoms with Gasteiger partial charge in [0.1, 0.15) is 29.9 Å². The number of methoxy groups -OCH3 is 2. The third-order valence-electron chi connectivity index (χ3n) is 5.28. The Balaban J connectivity index is 1.83. The second-order valence-corrected chi connectivity index (χ2v) is 8.11. The first kappa shape index (κ1) is 23.9. The van der Waals surface area contributed by atoms with Crippen LogP contribution in [0.5, 0.6) is 11.5 Å². The molecule has 0 bridgehead atoms. The number of carbonyl (C=O) groups excluding carboxylic acids is 2. The van der Waals surface area contributed by atoms with Crippen LogP contribution in [-0.2, 0) is 27.3 Å². The Morgan fingerprint density at radius 1 is 1.24 bits per heavy atom. The maximum absolute atomic E-state index is 12.7. The van der Waals surface area contributed by atoms with Gasteiger partial charge in [0.2, 0.25) is 0 Å². The zero-order chi connectivity index (χ0) is 24.2. The molecule has 0 saturated carbocycles. The van der Waals surface area contributed by atoms with E-state index in [1.165, 1.54) is 25.9 Å². The number of pyridine rings is 1. The lowest BCUT2D eigenvalue weighted by molar-refractivity contribution is -0.147. The maximum Gasteiger partial charge on any atom is 0.412 e. The van der Waals surface area contributed by atoms with Gasteiger partial charge in [-0.25, -0.2) is 9.59 Å². The number of benzene rings is 1. The lowest BCUT2D eigenvalue weighted by atomic mass is 9.92. The van der Waals surface area contributed by atoms with E-state index in [2.05, 4.69) is 4.98 Å². The summed E-state index contributed by atoms with van der Waals surface area (Å²) in [5.41, 5.74) is 1.69. The van der Waals surface area contributed by atoms with Crippen LogP contribution >= 0.6 is 0 Å². The Morgan fingerprint density at radius 2 is 2.00 bits per heavy atom. The minimum atomic E-state index is -1.32. The largest absolute Gasteiger partial charge is 0.495 e. The van der Waals surface area contributed by atoms with Crippen molar-refractivity contribution in [2.75, 3.05) is 20.8 Å². The molecule has 1 aliphatic rings. The van der Waals surface area contributed by atoms with E-state index in [1.807, 2.05) is 31.2 Å². The van der Waals surface area contributed by atoms with Gasteiger partial charge < -0.3 is 18.9 Å². The molecule has 1 aliphatic heterocycles. The van der Waals surface area contributed by atoms with Gasteiger partial charge in [-0.1, -0.05) is 6.07 Å². The van der Waals surface area contributed by atoms with Crippen LogP contribution in [0, 0.1) is 18.3 Å². The van der Waals surface area contributed by atoms with Crippen molar-refractivity contribution in [3.8, 4) is 17.6 Å². The van der Waals surface area contributed by atoms with Crippen molar-refractivity contribution >= 4 is 12.1 Å². The summed E-state index contributed by atoms with van der Waals surface area (Å²) >= 11 is 0. The van der Waals surface area contributed by atoms with Crippen molar-refractivity contribution in [1.82, 2.24) is 9.88 Å². The molecule has 0 aliphatic carbocycles. The molecule has 9 heteroatoms. The van der Waals surface area contributed by atoms with Crippen LogP contribution in [0.3, 0.4) is 0 Å². The monoisotopic (exact) mass is 453 g/mol. The molecule has 2 heterocycles. The minimum Gasteiger partial charge on any atom is -0.495 e. The molecule has 0 radical (unpaired) electrons. The Bertz CT molecular complexity index is 1090. The summed E-state index contributed by atoms with van der Waals surface area (Å²) in [7, 11) is 2.84. The van der Waals surface area contributed by atoms with Gasteiger partial charge in [-0.05, 0) is 62.6 Å². The van der Waals surface area contributed by atoms with E-state index >= 15 is 0 Å². The van der Waals surface area contributed by atoms with E-state index in [-0.39, 0.29) is 13.2 Å². The normalized spacial score (nSPS) is 15.2. The maximum atomic E-state index is 12.7. The number of nitrogens with zero attached hydrogens (tertiary/aromatic N) is 3. The molecule has 0 N–H and O–H groups in total. The number of nitriles is 1. The van der Waals surface area contributed by atoms with E-state index in [0.717, 1.165) is 11.3 Å². The standard InChI is InChI=1S/C24H27N3O6/c1-15-6-9-20(30-4)19(26-15)13-32-17-7-8-18-16(12-17)10-11-27(21(18)22(28)31-5)23(29)33-24(2,3)14-25/h6-9,12,21H,10-11,13H2,1-5H3. The average molecular weight is 453 g/mol. The topological polar surface area (TPSA) is 111 Å². The van der Waals surface area contributed by atoms with Crippen molar-refractivity contribution in [2.24, 2.45) is 0 Å². The van der Waals surface area contributed by atoms with Crippen molar-refractivity contribution in [3.63, 3.8) is 0 Å². The molecule has 9 nitrogen and oxygen atoms in total. The third-order valence-corrected chi connectivity index (χ3v) is 5.28. The van der Waals surface area contributed by atoms with Crippen LogP contribution in [0.15, 0.2) is 30.3 Å². The first-order valence-electron chi connectivity index (χ1n) is 10.4. The summed E-state index contributed by atoms with van der Waals surface area (Å²) in [6.45, 7) is 5.30. The summed E-state index contributed by atoms with van der Waals surface area (Å²) in [5, 5.41) is 9.17. The summed E-state index contributed by atoms with van der Waals surface area (Å²) in [6, 6.07) is 9.96. The van der Waals surface area contributed by atoms with Crippen LogP contribution in [0.2, 0.25) is 0 Å². The molecular weight excluding hydrogens is 426 g/mol. The predicted molar refractivity (Wildman–Crippen MR) is 118 cm³/mol. The second-order valence-electron chi connectivity index (χ2n) is 8.11. The molecule has 1 atom stereocenters. The third kappa shape index (κ3) is 5.34. The second kappa shape index (κ2) is 9.77. The van der Waals surface area contributed by atoms with Gasteiger partial charge in [0.05, 0.1) is 14.2 Å². The number of esters is 1. The molecular formula is C24H27N3O6. The number of ether oxygens (including phenoxy) is 4. The molecule has 1 aromatic carbocycles. The van der Waals surface area contributed by atoms with Crippen LogP contribution < -0.4 is 9.47 Å². The number of aryl methyl sites for hydroxylation is 1. The number of hydrogen-bond donors (Lipinski definition) is 0. The van der Waals surface area contributed by atoms with E-state index < -0.39 is 23.7 Å². The van der Waals surface area contributed by atoms with Gasteiger partial charge in [-0.15, -0.1) is 0 Å². The lowest BCUT2D eigenvalue weighted by Gasteiger charge is -2.36. The van der Waals surface area contributed by atoms with Crippen molar-refractivity contribution < 1.29 is 28.5 Å². The quantitative estimate of drug-likeness (QED) is 0.611. The van der Waals surface area contributed by atoms with Crippen LogP contribution in [0.25, 0.3) is 0 Å². The molecule has 3 rings (SSSR count). The van der Waals surface area contributed by atoms with Gasteiger partial charge in [0.15, 0.2) is 11.6 Å². The molecule has 1 unspecified atom stereocenters. The number of hydrogen-bond acceptors (Lipinski definition) is 8. The SMILES string of the molecule is COC(=O)C1c2ccc(OCc3nc(C)ccc3OC)cc2CCN1C(=O)OC(C)(C)C#N. The van der Waals surface area contributed by atoms with E-state index in [1.54, 1.807) is 19.2 Å². The summed E-state index contributed by atoms with van der Waals surface area (Å²) in [6.07, 6.45) is -0.269. The number of carbonyl (C=O) groups is 2. The van der Waals surface area contributed by atoms with Gasteiger partial charge in [0.25, 0.3) is 0 Å². The fourth-order valence-electron chi connectivity index (χ4n) is 3.59. The fourth-order valence-corrected chi connectivity index (χ4v) is 3.59. The highest BCUT2D eigenvalue weighted by molar-refractivity contribution is 5.84. The zero-order valence-electron chi connectivity index (χ0n) is 19.4. The predicted octanol–water partition coefficient (Wildman–Crippen LogP) is 3.49. The molecule has 33 heavy (non-hydrogen) atoms. The molecule has 2 aromatic rings.